The van der Waals surface area contributed by atoms with Gasteiger partial charge in [-0.25, -0.2) is 4.79 Å². The number of urea groups is 1. The van der Waals surface area contributed by atoms with Crippen molar-refractivity contribution in [3.63, 3.8) is 0 Å². The number of rotatable bonds is 5. The fourth-order valence-electron chi connectivity index (χ4n) is 2.21. The normalized spacial score (nSPS) is 10.1. The van der Waals surface area contributed by atoms with Crippen molar-refractivity contribution < 1.29 is 19.2 Å². The number of benzene rings is 2. The molecule has 0 bridgehead atoms. The molecule has 0 saturated heterocycles. The molecule has 2 amide bonds. The van der Waals surface area contributed by atoms with Gasteiger partial charge in [-0.15, -0.1) is 0 Å². The topological polar surface area (TPSA) is 93.9 Å². The molecule has 8 nitrogen and oxygen atoms in total. The van der Waals surface area contributed by atoms with E-state index in [1.165, 1.54) is 24.1 Å². The summed E-state index contributed by atoms with van der Waals surface area (Å²) in [4.78, 5) is 24.2. The van der Waals surface area contributed by atoms with Gasteiger partial charge >= 0.3 is 11.7 Å². The molecule has 8 heteroatoms. The number of hydrogen-bond acceptors (Lipinski definition) is 5. The third kappa shape index (κ3) is 3.97. The number of nitro groups is 1. The Balaban J connectivity index is 2.61. The van der Waals surface area contributed by atoms with Gasteiger partial charge in [0.05, 0.1) is 24.8 Å². The molecule has 0 heterocycles. The van der Waals surface area contributed by atoms with Gasteiger partial charge in [-0.05, 0) is 17.7 Å². The van der Waals surface area contributed by atoms with E-state index in [0.717, 1.165) is 0 Å². The van der Waals surface area contributed by atoms with Crippen LogP contribution in [0.3, 0.4) is 0 Å². The first-order chi connectivity index (χ1) is 11.9. The summed E-state index contributed by atoms with van der Waals surface area (Å²) in [5.41, 5.74) is 1.42. The van der Waals surface area contributed by atoms with Gasteiger partial charge in [0.25, 0.3) is 0 Å². The minimum Gasteiger partial charge on any atom is -0.497 e. The SMILES string of the molecule is COc1ccc(-c2cc([N+](=O)[O-])c(OC)cc2NC(=O)N(C)C)cc1. The van der Waals surface area contributed by atoms with Crippen LogP contribution >= 0.6 is 0 Å². The highest BCUT2D eigenvalue weighted by molar-refractivity contribution is 5.95. The van der Waals surface area contributed by atoms with E-state index < -0.39 is 4.92 Å². The van der Waals surface area contributed by atoms with Crippen LogP contribution in [0.1, 0.15) is 0 Å². The molecule has 0 radical (unpaired) electrons. The number of nitrogens with zero attached hydrogens (tertiary/aromatic N) is 2. The number of methoxy groups -OCH3 is 2. The van der Waals surface area contributed by atoms with Gasteiger partial charge in [0.15, 0.2) is 5.75 Å². The van der Waals surface area contributed by atoms with Crippen LogP contribution in [0, 0.1) is 10.1 Å². The predicted molar refractivity (Wildman–Crippen MR) is 94.3 cm³/mol. The molecule has 0 saturated carbocycles. The van der Waals surface area contributed by atoms with Gasteiger partial charge in [-0.3, -0.25) is 10.1 Å². The molecule has 0 aliphatic rings. The van der Waals surface area contributed by atoms with Crippen molar-refractivity contribution in [3.05, 3.63) is 46.5 Å². The van der Waals surface area contributed by atoms with Crippen molar-refractivity contribution in [2.75, 3.05) is 33.6 Å². The first kappa shape index (κ1) is 18.1. The average Bonchev–Trinajstić information content (AvgIpc) is 2.61. The first-order valence-corrected chi connectivity index (χ1v) is 7.36. The molecular formula is C17H19N3O5. The van der Waals surface area contributed by atoms with Gasteiger partial charge in [-0.1, -0.05) is 12.1 Å². The highest BCUT2D eigenvalue weighted by Gasteiger charge is 2.21. The summed E-state index contributed by atoms with van der Waals surface area (Å²) in [6.45, 7) is 0. The summed E-state index contributed by atoms with van der Waals surface area (Å²) in [6.07, 6.45) is 0. The zero-order valence-corrected chi connectivity index (χ0v) is 14.4. The minimum atomic E-state index is -0.524. The zero-order valence-electron chi connectivity index (χ0n) is 14.4. The Morgan fingerprint density at radius 3 is 2.24 bits per heavy atom. The van der Waals surface area contributed by atoms with E-state index in [4.69, 9.17) is 9.47 Å². The van der Waals surface area contributed by atoms with E-state index in [1.54, 1.807) is 45.5 Å². The summed E-state index contributed by atoms with van der Waals surface area (Å²) < 4.78 is 10.2. The van der Waals surface area contributed by atoms with Gasteiger partial charge < -0.3 is 19.7 Å². The van der Waals surface area contributed by atoms with E-state index in [1.807, 2.05) is 0 Å². The number of carbonyl (C=O) groups excluding carboxylic acids is 1. The van der Waals surface area contributed by atoms with E-state index in [-0.39, 0.29) is 17.5 Å². The number of hydrogen-bond donors (Lipinski definition) is 1. The van der Waals surface area contributed by atoms with Crippen LogP contribution in [0.4, 0.5) is 16.2 Å². The Bertz CT molecular complexity index is 788. The molecule has 0 aliphatic heterocycles. The van der Waals surface area contributed by atoms with E-state index in [9.17, 15) is 14.9 Å². The number of ether oxygens (including phenoxy) is 2. The van der Waals surface area contributed by atoms with E-state index in [0.29, 0.717) is 22.6 Å². The lowest BCUT2D eigenvalue weighted by atomic mass is 10.0. The number of anilines is 1. The molecule has 0 aliphatic carbocycles. The number of nitrogens with one attached hydrogen (secondary N) is 1. The molecule has 2 aromatic rings. The van der Waals surface area contributed by atoms with Crippen LogP contribution in [0.15, 0.2) is 36.4 Å². The quantitative estimate of drug-likeness (QED) is 0.662. The smallest absolute Gasteiger partial charge is 0.321 e. The highest BCUT2D eigenvalue weighted by atomic mass is 16.6. The Morgan fingerprint density at radius 2 is 1.76 bits per heavy atom. The third-order valence-corrected chi connectivity index (χ3v) is 3.56. The van der Waals surface area contributed by atoms with Gasteiger partial charge in [0, 0.05) is 31.8 Å². The van der Waals surface area contributed by atoms with Crippen LogP contribution in [-0.2, 0) is 0 Å². The van der Waals surface area contributed by atoms with Crippen molar-refractivity contribution in [2.45, 2.75) is 0 Å². The maximum absolute atomic E-state index is 12.0. The molecule has 132 valence electrons. The molecule has 1 N–H and O–H groups in total. The second-order valence-electron chi connectivity index (χ2n) is 5.38. The highest BCUT2D eigenvalue weighted by Crippen LogP contribution is 2.39. The number of nitro benzene ring substituents is 1. The largest absolute Gasteiger partial charge is 0.497 e. The molecule has 0 spiro atoms. The van der Waals surface area contributed by atoms with Crippen LogP contribution in [-0.4, -0.2) is 44.2 Å². The van der Waals surface area contributed by atoms with E-state index in [2.05, 4.69) is 5.32 Å². The number of carbonyl (C=O) groups is 1. The van der Waals surface area contributed by atoms with Gasteiger partial charge in [0.2, 0.25) is 0 Å². The van der Waals surface area contributed by atoms with E-state index >= 15 is 0 Å². The minimum absolute atomic E-state index is 0.0660. The zero-order chi connectivity index (χ0) is 18.6. The standard InChI is InChI=1S/C17H19N3O5/c1-19(2)17(21)18-14-10-16(25-4)15(20(22)23)9-13(14)11-5-7-12(24-3)8-6-11/h5-10H,1-4H3,(H,18,21). The molecule has 2 rings (SSSR count). The lowest BCUT2D eigenvalue weighted by molar-refractivity contribution is -0.385. The van der Waals surface area contributed by atoms with Crippen molar-refractivity contribution >= 4 is 17.4 Å². The Hall–Kier alpha value is -3.29. The summed E-state index contributed by atoms with van der Waals surface area (Å²) in [7, 11) is 6.10. The summed E-state index contributed by atoms with van der Waals surface area (Å²) in [6, 6.07) is 9.47. The lowest BCUT2D eigenvalue weighted by Gasteiger charge is -2.16. The van der Waals surface area contributed by atoms with Crippen molar-refractivity contribution in [1.82, 2.24) is 4.90 Å². The molecule has 25 heavy (non-hydrogen) atoms. The summed E-state index contributed by atoms with van der Waals surface area (Å²) in [5, 5.41) is 14.0. The van der Waals surface area contributed by atoms with Crippen molar-refractivity contribution in [3.8, 4) is 22.6 Å². The monoisotopic (exact) mass is 345 g/mol. The summed E-state index contributed by atoms with van der Waals surface area (Å²) >= 11 is 0. The molecule has 0 aromatic heterocycles. The third-order valence-electron chi connectivity index (χ3n) is 3.56. The molecule has 0 unspecified atom stereocenters. The molecule has 0 atom stereocenters. The lowest BCUT2D eigenvalue weighted by Crippen LogP contribution is -2.27. The second-order valence-corrected chi connectivity index (χ2v) is 5.38. The van der Waals surface area contributed by atoms with Gasteiger partial charge in [0.1, 0.15) is 5.75 Å². The molecular weight excluding hydrogens is 326 g/mol. The Kier molecular flexibility index (Phi) is 5.43. The Morgan fingerprint density at radius 1 is 1.12 bits per heavy atom. The molecule has 2 aromatic carbocycles. The maximum Gasteiger partial charge on any atom is 0.321 e. The molecule has 0 fully saturated rings. The fourth-order valence-corrected chi connectivity index (χ4v) is 2.21. The second kappa shape index (κ2) is 7.52. The van der Waals surface area contributed by atoms with Crippen molar-refractivity contribution in [2.24, 2.45) is 0 Å². The fraction of sp³-hybridized carbons (Fsp3) is 0.235. The number of amides is 2. The maximum atomic E-state index is 12.0. The van der Waals surface area contributed by atoms with Crippen molar-refractivity contribution in [1.29, 1.82) is 0 Å². The Labute approximate surface area is 145 Å². The van der Waals surface area contributed by atoms with Crippen LogP contribution < -0.4 is 14.8 Å². The van der Waals surface area contributed by atoms with Gasteiger partial charge in [-0.2, -0.15) is 0 Å². The summed E-state index contributed by atoms with van der Waals surface area (Å²) in [5.74, 6) is 0.724. The predicted octanol–water partition coefficient (Wildman–Crippen LogP) is 3.37. The first-order valence-electron chi connectivity index (χ1n) is 7.36. The average molecular weight is 345 g/mol. The van der Waals surface area contributed by atoms with Crippen LogP contribution in [0.2, 0.25) is 0 Å². The van der Waals surface area contributed by atoms with Crippen LogP contribution in [0.25, 0.3) is 11.1 Å². The van der Waals surface area contributed by atoms with Crippen LogP contribution in [0.5, 0.6) is 11.5 Å².